The fraction of sp³-hybridized carbons (Fsp3) is 0.600. The van der Waals surface area contributed by atoms with Crippen LogP contribution in [0, 0.1) is 15.9 Å². The van der Waals surface area contributed by atoms with Crippen LogP contribution in [0.25, 0.3) is 0 Å². The van der Waals surface area contributed by atoms with Crippen LogP contribution in [0.4, 0.5) is 10.1 Å². The van der Waals surface area contributed by atoms with Crippen molar-refractivity contribution in [1.29, 1.82) is 0 Å². The standard InChI is InChI=1S/C15H23FN2O5S2/c1-6-25(22,23)10-15(5,17-24(21)14(2,3)4)12-9-11(18(19)20)7-8-13(12)16/h7-9,17H,6,10H2,1-5H3/t15-,24?/m0/s1. The Morgan fingerprint density at radius 2 is 1.84 bits per heavy atom. The van der Waals surface area contributed by atoms with Gasteiger partial charge in [0, 0.05) is 34.8 Å². The number of sulfone groups is 1. The number of rotatable bonds is 7. The second kappa shape index (κ2) is 7.56. The highest BCUT2D eigenvalue weighted by atomic mass is 32.2. The second-order valence-corrected chi connectivity index (χ2v) is 11.2. The highest BCUT2D eigenvalue weighted by Gasteiger charge is 2.42. The number of halogens is 1. The minimum atomic E-state index is -3.60. The Balaban J connectivity index is 3.51. The van der Waals surface area contributed by atoms with Crippen molar-refractivity contribution in [2.24, 2.45) is 0 Å². The summed E-state index contributed by atoms with van der Waals surface area (Å²) in [6, 6.07) is 2.88. The smallest absolute Gasteiger partial charge is 0.269 e. The van der Waals surface area contributed by atoms with Gasteiger partial charge in [0.15, 0.2) is 9.84 Å². The second-order valence-electron chi connectivity index (χ2n) is 6.91. The van der Waals surface area contributed by atoms with Crippen LogP contribution in [-0.2, 0) is 26.7 Å². The van der Waals surface area contributed by atoms with Gasteiger partial charge in [-0.2, -0.15) is 0 Å². The van der Waals surface area contributed by atoms with Gasteiger partial charge in [0.05, 0.1) is 10.7 Å². The molecule has 2 atom stereocenters. The minimum Gasteiger partial charge on any atom is -0.598 e. The molecule has 0 bridgehead atoms. The quantitative estimate of drug-likeness (QED) is 0.432. The molecular weight excluding hydrogens is 371 g/mol. The van der Waals surface area contributed by atoms with Gasteiger partial charge in [-0.1, -0.05) is 6.92 Å². The van der Waals surface area contributed by atoms with Crippen molar-refractivity contribution in [1.82, 2.24) is 4.72 Å². The summed E-state index contributed by atoms with van der Waals surface area (Å²) in [5, 5.41) is 11.0. The van der Waals surface area contributed by atoms with Crippen LogP contribution in [0.3, 0.4) is 0 Å². The van der Waals surface area contributed by atoms with Gasteiger partial charge < -0.3 is 4.55 Å². The number of nitrogens with zero attached hydrogens (tertiary/aromatic N) is 1. The molecule has 0 spiro atoms. The van der Waals surface area contributed by atoms with Crippen LogP contribution in [0.1, 0.15) is 40.2 Å². The molecule has 0 saturated carbocycles. The van der Waals surface area contributed by atoms with E-state index in [9.17, 15) is 27.5 Å². The Kier molecular flexibility index (Phi) is 6.60. The van der Waals surface area contributed by atoms with Crippen LogP contribution >= 0.6 is 0 Å². The molecule has 0 aliphatic carbocycles. The van der Waals surface area contributed by atoms with E-state index in [2.05, 4.69) is 4.72 Å². The zero-order valence-corrected chi connectivity index (χ0v) is 16.5. The third-order valence-corrected chi connectivity index (χ3v) is 7.22. The molecule has 0 fully saturated rings. The molecule has 1 unspecified atom stereocenters. The lowest BCUT2D eigenvalue weighted by Gasteiger charge is -2.35. The fourth-order valence-corrected chi connectivity index (χ4v) is 4.41. The Bertz CT molecular complexity index is 749. The highest BCUT2D eigenvalue weighted by Crippen LogP contribution is 2.31. The molecule has 0 heterocycles. The van der Waals surface area contributed by atoms with E-state index >= 15 is 0 Å². The number of hydrogen-bond acceptors (Lipinski definition) is 6. The predicted molar refractivity (Wildman–Crippen MR) is 95.8 cm³/mol. The first-order valence-electron chi connectivity index (χ1n) is 7.56. The molecule has 0 amide bonds. The maximum absolute atomic E-state index is 14.4. The first-order chi connectivity index (χ1) is 11.2. The average Bonchev–Trinajstić information content (AvgIpc) is 2.45. The van der Waals surface area contributed by atoms with Gasteiger partial charge in [-0.15, -0.1) is 4.72 Å². The Hall–Kier alpha value is -1.23. The molecule has 142 valence electrons. The molecular formula is C15H23FN2O5S2. The van der Waals surface area contributed by atoms with Crippen LogP contribution in [0.5, 0.6) is 0 Å². The van der Waals surface area contributed by atoms with Crippen molar-refractivity contribution in [3.8, 4) is 0 Å². The zero-order chi connectivity index (χ0) is 19.6. The normalized spacial score (nSPS) is 16.3. The van der Waals surface area contributed by atoms with Gasteiger partial charge in [0.25, 0.3) is 5.69 Å². The first kappa shape index (κ1) is 21.8. The molecule has 1 aromatic carbocycles. The van der Waals surface area contributed by atoms with Gasteiger partial charge >= 0.3 is 0 Å². The predicted octanol–water partition coefficient (Wildman–Crippen LogP) is 2.44. The van der Waals surface area contributed by atoms with Gasteiger partial charge in [0.2, 0.25) is 0 Å². The lowest BCUT2D eigenvalue weighted by molar-refractivity contribution is -0.385. The Morgan fingerprint density at radius 3 is 2.28 bits per heavy atom. The molecule has 10 heteroatoms. The fourth-order valence-electron chi connectivity index (χ4n) is 2.11. The summed E-state index contributed by atoms with van der Waals surface area (Å²) in [6.45, 7) is 7.85. The largest absolute Gasteiger partial charge is 0.598 e. The van der Waals surface area contributed by atoms with Gasteiger partial charge in [-0.25, -0.2) is 12.8 Å². The summed E-state index contributed by atoms with van der Waals surface area (Å²) in [7, 11) is -3.60. The lowest BCUT2D eigenvalue weighted by atomic mass is 9.94. The van der Waals surface area contributed by atoms with Crippen LogP contribution in [0.15, 0.2) is 18.2 Å². The molecule has 25 heavy (non-hydrogen) atoms. The zero-order valence-electron chi connectivity index (χ0n) is 14.8. The molecule has 7 nitrogen and oxygen atoms in total. The molecule has 1 rings (SSSR count). The van der Waals surface area contributed by atoms with Crippen molar-refractivity contribution in [3.63, 3.8) is 0 Å². The summed E-state index contributed by atoms with van der Waals surface area (Å²) in [6.07, 6.45) is 0. The summed E-state index contributed by atoms with van der Waals surface area (Å²) < 4.78 is 53.1. The van der Waals surface area contributed by atoms with E-state index in [0.29, 0.717) is 0 Å². The third-order valence-electron chi connectivity index (χ3n) is 3.58. The third kappa shape index (κ3) is 5.63. The average molecular weight is 394 g/mol. The van der Waals surface area contributed by atoms with E-state index in [4.69, 9.17) is 0 Å². The number of nitro groups is 1. The number of non-ortho nitro benzene ring substituents is 1. The summed E-state index contributed by atoms with van der Waals surface area (Å²) in [5.74, 6) is -1.54. The molecule has 0 aromatic heterocycles. The molecule has 0 aliphatic rings. The SMILES string of the molecule is CCS(=O)(=O)C[C@](C)(N[S+]([O-])C(C)(C)C)c1cc([N+](=O)[O-])ccc1F. The van der Waals surface area contributed by atoms with Crippen LogP contribution in [0.2, 0.25) is 0 Å². The molecule has 0 saturated heterocycles. The number of nitro benzene ring substituents is 1. The van der Waals surface area contributed by atoms with Crippen molar-refractivity contribution >= 4 is 26.9 Å². The van der Waals surface area contributed by atoms with Crippen molar-refractivity contribution < 1.29 is 22.3 Å². The van der Waals surface area contributed by atoms with Crippen molar-refractivity contribution in [3.05, 3.63) is 39.7 Å². The Morgan fingerprint density at radius 1 is 1.28 bits per heavy atom. The lowest BCUT2D eigenvalue weighted by Crippen LogP contribution is -2.53. The molecule has 0 aliphatic heterocycles. The molecule has 0 radical (unpaired) electrons. The molecule has 1 aromatic rings. The minimum absolute atomic E-state index is 0.191. The monoisotopic (exact) mass is 394 g/mol. The number of nitrogens with one attached hydrogen (secondary N) is 1. The van der Waals surface area contributed by atoms with Crippen LogP contribution < -0.4 is 4.72 Å². The van der Waals surface area contributed by atoms with Gasteiger partial charge in [-0.3, -0.25) is 10.1 Å². The maximum Gasteiger partial charge on any atom is 0.269 e. The summed E-state index contributed by atoms with van der Waals surface area (Å²) in [5.41, 5.74) is -2.18. The topological polar surface area (TPSA) is 112 Å². The number of benzene rings is 1. The van der Waals surface area contributed by atoms with E-state index < -0.39 is 48.0 Å². The Labute approximate surface area is 150 Å². The van der Waals surface area contributed by atoms with E-state index in [1.807, 2.05) is 0 Å². The van der Waals surface area contributed by atoms with E-state index in [0.717, 1.165) is 18.2 Å². The van der Waals surface area contributed by atoms with Crippen LogP contribution in [-0.4, -0.2) is 34.1 Å². The van der Waals surface area contributed by atoms with E-state index in [1.54, 1.807) is 20.8 Å². The van der Waals surface area contributed by atoms with Crippen molar-refractivity contribution in [2.75, 3.05) is 11.5 Å². The highest BCUT2D eigenvalue weighted by molar-refractivity contribution is 7.92. The van der Waals surface area contributed by atoms with Gasteiger partial charge in [0.1, 0.15) is 16.1 Å². The first-order valence-corrected chi connectivity index (χ1v) is 10.5. The summed E-state index contributed by atoms with van der Waals surface area (Å²) >= 11 is -1.72. The van der Waals surface area contributed by atoms with E-state index in [-0.39, 0.29) is 17.0 Å². The maximum atomic E-state index is 14.4. The molecule has 1 N–H and O–H groups in total. The van der Waals surface area contributed by atoms with Crippen molar-refractivity contribution in [2.45, 2.75) is 44.9 Å². The number of hydrogen-bond donors (Lipinski definition) is 1. The summed E-state index contributed by atoms with van der Waals surface area (Å²) in [4.78, 5) is 10.3. The van der Waals surface area contributed by atoms with E-state index in [1.165, 1.54) is 13.8 Å². The van der Waals surface area contributed by atoms with Gasteiger partial charge in [-0.05, 0) is 33.8 Å².